The van der Waals surface area contributed by atoms with E-state index in [1.54, 1.807) is 0 Å². The maximum absolute atomic E-state index is 10.2. The molecule has 0 heterocycles. The maximum Gasteiger partial charge on any atom is 0.0796 e. The molecule has 0 saturated carbocycles. The van der Waals surface area contributed by atoms with Gasteiger partial charge in [0, 0.05) is 0 Å². The Bertz CT molecular complexity index is 1080. The van der Waals surface area contributed by atoms with Crippen molar-refractivity contribution >= 4 is 21.5 Å². The lowest BCUT2D eigenvalue weighted by molar-refractivity contribution is 0.180. The van der Waals surface area contributed by atoms with Crippen LogP contribution in [0.4, 0.5) is 0 Å². The number of fused-ring (bicyclic) bond motifs is 4. The van der Waals surface area contributed by atoms with Crippen molar-refractivity contribution in [2.45, 2.75) is 18.9 Å². The van der Waals surface area contributed by atoms with Crippen molar-refractivity contribution in [1.29, 1.82) is 0 Å². The molecule has 1 nitrogen and oxygen atoms in total. The summed E-state index contributed by atoms with van der Waals surface area (Å²) in [6.07, 6.45) is 1.47. The second kappa shape index (κ2) is 5.19. The third-order valence-corrected chi connectivity index (χ3v) is 5.30. The number of benzene rings is 4. The molecular weight excluding hydrogens is 292 g/mol. The second-order valence-electron chi connectivity index (χ2n) is 6.62. The van der Waals surface area contributed by atoms with Crippen LogP contribution in [0.1, 0.15) is 23.7 Å². The van der Waals surface area contributed by atoms with Crippen molar-refractivity contribution in [2.24, 2.45) is 0 Å². The molecule has 1 aliphatic rings. The van der Waals surface area contributed by atoms with E-state index in [9.17, 15) is 5.11 Å². The van der Waals surface area contributed by atoms with Gasteiger partial charge in [-0.3, -0.25) is 0 Å². The molecule has 4 aromatic carbocycles. The summed E-state index contributed by atoms with van der Waals surface area (Å²) in [6.45, 7) is 0. The van der Waals surface area contributed by atoms with Crippen LogP contribution in [-0.4, -0.2) is 5.11 Å². The monoisotopic (exact) mass is 310 g/mol. The van der Waals surface area contributed by atoms with Crippen molar-refractivity contribution in [3.8, 4) is 11.1 Å². The predicted octanol–water partition coefficient (Wildman–Crippen LogP) is 5.64. The summed E-state index contributed by atoms with van der Waals surface area (Å²) in [5.41, 5.74) is 4.96. The molecule has 0 bridgehead atoms. The molecule has 0 amide bonds. The van der Waals surface area contributed by atoms with Crippen LogP contribution in [0.25, 0.3) is 32.7 Å². The van der Waals surface area contributed by atoms with Crippen LogP contribution in [0.3, 0.4) is 0 Å². The number of aliphatic hydroxyl groups excluding tert-OH is 1. The van der Waals surface area contributed by atoms with Gasteiger partial charge in [-0.05, 0) is 62.7 Å². The van der Waals surface area contributed by atoms with E-state index in [-0.39, 0.29) is 6.10 Å². The standard InChI is InChI=1S/C23H18O/c24-23-13-12-20-19(10-5-11-21(20)23)22-14-15-6-1-2-7-16(15)17-8-3-4-9-18(17)22/h1-11,14,23-24H,12-13H2. The van der Waals surface area contributed by atoms with Crippen molar-refractivity contribution in [2.75, 3.05) is 0 Å². The van der Waals surface area contributed by atoms with Crippen molar-refractivity contribution in [3.05, 3.63) is 83.9 Å². The molecule has 4 aromatic rings. The topological polar surface area (TPSA) is 20.2 Å². The zero-order valence-electron chi connectivity index (χ0n) is 13.4. The Morgan fingerprint density at radius 2 is 1.46 bits per heavy atom. The van der Waals surface area contributed by atoms with Gasteiger partial charge in [-0.2, -0.15) is 0 Å². The van der Waals surface area contributed by atoms with Crippen LogP contribution in [0.5, 0.6) is 0 Å². The molecule has 24 heavy (non-hydrogen) atoms. The first-order valence-electron chi connectivity index (χ1n) is 8.53. The highest BCUT2D eigenvalue weighted by Gasteiger charge is 2.23. The van der Waals surface area contributed by atoms with Gasteiger partial charge in [0.1, 0.15) is 0 Å². The van der Waals surface area contributed by atoms with Gasteiger partial charge in [0.05, 0.1) is 6.10 Å². The van der Waals surface area contributed by atoms with Gasteiger partial charge in [-0.25, -0.2) is 0 Å². The Kier molecular flexibility index (Phi) is 2.97. The molecule has 1 heteroatoms. The van der Waals surface area contributed by atoms with Gasteiger partial charge in [-0.1, -0.05) is 66.7 Å². The van der Waals surface area contributed by atoms with Gasteiger partial charge >= 0.3 is 0 Å². The molecule has 1 atom stereocenters. The fourth-order valence-electron chi connectivity index (χ4n) is 4.16. The van der Waals surface area contributed by atoms with Crippen LogP contribution < -0.4 is 0 Å². The molecule has 1 aliphatic carbocycles. The number of rotatable bonds is 1. The van der Waals surface area contributed by atoms with E-state index in [0.29, 0.717) is 0 Å². The first-order valence-corrected chi connectivity index (χ1v) is 8.53. The summed E-state index contributed by atoms with van der Waals surface area (Å²) in [7, 11) is 0. The fourth-order valence-corrected chi connectivity index (χ4v) is 4.16. The minimum atomic E-state index is -0.313. The maximum atomic E-state index is 10.2. The second-order valence-corrected chi connectivity index (χ2v) is 6.62. The van der Waals surface area contributed by atoms with Gasteiger partial charge < -0.3 is 5.11 Å². The molecule has 0 aliphatic heterocycles. The lowest BCUT2D eigenvalue weighted by Gasteiger charge is -2.14. The van der Waals surface area contributed by atoms with Gasteiger partial charge in [0.15, 0.2) is 0 Å². The van der Waals surface area contributed by atoms with Gasteiger partial charge in [0.2, 0.25) is 0 Å². The molecule has 116 valence electrons. The highest BCUT2D eigenvalue weighted by atomic mass is 16.3. The van der Waals surface area contributed by atoms with E-state index in [1.807, 2.05) is 0 Å². The highest BCUT2D eigenvalue weighted by molar-refractivity contribution is 6.14. The van der Waals surface area contributed by atoms with E-state index in [2.05, 4.69) is 72.8 Å². The molecule has 1 N–H and O–H groups in total. The van der Waals surface area contributed by atoms with Gasteiger partial charge in [-0.15, -0.1) is 0 Å². The van der Waals surface area contributed by atoms with Gasteiger partial charge in [0.25, 0.3) is 0 Å². The Balaban J connectivity index is 1.91. The smallest absolute Gasteiger partial charge is 0.0796 e. The first kappa shape index (κ1) is 13.8. The van der Waals surface area contributed by atoms with Crippen molar-refractivity contribution in [1.82, 2.24) is 0 Å². The summed E-state index contributed by atoms with van der Waals surface area (Å²) in [5.74, 6) is 0. The molecule has 0 radical (unpaired) electrons. The van der Waals surface area contributed by atoms with E-state index in [4.69, 9.17) is 0 Å². The lowest BCUT2D eigenvalue weighted by atomic mass is 9.90. The zero-order valence-corrected chi connectivity index (χ0v) is 13.4. The molecule has 5 rings (SSSR count). The van der Waals surface area contributed by atoms with E-state index in [0.717, 1.165) is 18.4 Å². The van der Waals surface area contributed by atoms with Crippen LogP contribution in [0.2, 0.25) is 0 Å². The third-order valence-electron chi connectivity index (χ3n) is 5.30. The average molecular weight is 310 g/mol. The normalized spacial score (nSPS) is 16.6. The Morgan fingerprint density at radius 1 is 0.708 bits per heavy atom. The van der Waals surface area contributed by atoms with E-state index in [1.165, 1.54) is 38.2 Å². The molecule has 1 unspecified atom stereocenters. The Morgan fingerprint density at radius 3 is 2.33 bits per heavy atom. The quantitative estimate of drug-likeness (QED) is 0.451. The summed E-state index contributed by atoms with van der Waals surface area (Å²) >= 11 is 0. The number of aliphatic hydroxyl groups is 1. The Hall–Kier alpha value is -2.64. The fraction of sp³-hybridized carbons (Fsp3) is 0.130. The van der Waals surface area contributed by atoms with Crippen LogP contribution in [-0.2, 0) is 6.42 Å². The molecule has 0 fully saturated rings. The van der Waals surface area contributed by atoms with Crippen LogP contribution >= 0.6 is 0 Å². The summed E-state index contributed by atoms with van der Waals surface area (Å²) < 4.78 is 0. The summed E-state index contributed by atoms with van der Waals surface area (Å²) in [4.78, 5) is 0. The first-order chi connectivity index (χ1) is 11.8. The van der Waals surface area contributed by atoms with Crippen LogP contribution in [0.15, 0.2) is 72.8 Å². The molecule has 0 spiro atoms. The average Bonchev–Trinajstić information content (AvgIpc) is 3.02. The van der Waals surface area contributed by atoms with E-state index < -0.39 is 0 Å². The van der Waals surface area contributed by atoms with E-state index >= 15 is 0 Å². The summed E-state index contributed by atoms with van der Waals surface area (Å²) in [6, 6.07) is 25.9. The van der Waals surface area contributed by atoms with Crippen LogP contribution in [0, 0.1) is 0 Å². The Labute approximate surface area is 141 Å². The van der Waals surface area contributed by atoms with Crippen molar-refractivity contribution in [3.63, 3.8) is 0 Å². The lowest BCUT2D eigenvalue weighted by Crippen LogP contribution is -1.92. The van der Waals surface area contributed by atoms with Crippen molar-refractivity contribution < 1.29 is 5.11 Å². The molecule has 0 aromatic heterocycles. The SMILES string of the molecule is OC1CCc2c(-c3cc4ccccc4c4ccccc34)cccc21. The predicted molar refractivity (Wildman–Crippen MR) is 100 cm³/mol. The minimum Gasteiger partial charge on any atom is -0.388 e. The largest absolute Gasteiger partial charge is 0.388 e. The minimum absolute atomic E-state index is 0.313. The number of hydrogen-bond acceptors (Lipinski definition) is 1. The number of hydrogen-bond donors (Lipinski definition) is 1. The molecular formula is C23H18O. The third kappa shape index (κ3) is 1.92. The summed E-state index contributed by atoms with van der Waals surface area (Å²) in [5, 5.41) is 15.4. The molecule has 0 saturated heterocycles. The zero-order chi connectivity index (χ0) is 16.1. The highest BCUT2D eigenvalue weighted by Crippen LogP contribution is 2.41.